The van der Waals surface area contributed by atoms with Crippen molar-refractivity contribution in [1.82, 2.24) is 0 Å². The second kappa shape index (κ2) is 28.4. The van der Waals surface area contributed by atoms with Crippen LogP contribution < -0.4 is 10.6 Å². The number of nitrogens with one attached hydrogen (secondary N) is 2. The van der Waals surface area contributed by atoms with Crippen LogP contribution in [0.2, 0.25) is 0 Å². The fraction of sp³-hybridized carbons (Fsp3) is 0.702. The average Bonchev–Trinajstić information content (AvgIpc) is 3.11. The monoisotopic (exact) mass is 753 g/mol. The summed E-state index contributed by atoms with van der Waals surface area (Å²) in [5.41, 5.74) is 2.66. The van der Waals surface area contributed by atoms with E-state index >= 15 is 0 Å². The number of carbonyl (C=O) groups is 2. The number of phenolic OH excluding ortho intramolecular Hbond substituents is 1. The van der Waals surface area contributed by atoms with Gasteiger partial charge in [0.1, 0.15) is 5.75 Å². The zero-order valence-electron chi connectivity index (χ0n) is 35.8. The first-order valence-electron chi connectivity index (χ1n) is 21.5. The Hall–Kier alpha value is -3.06. The molecule has 2 aromatic carbocycles. The number of aliphatic hydroxyl groups is 1. The number of phenols is 1. The minimum atomic E-state index is -0.436. The van der Waals surface area contributed by atoms with Gasteiger partial charge in [-0.05, 0) is 54.4 Å². The molecule has 0 aliphatic rings. The van der Waals surface area contributed by atoms with Crippen LogP contribution in [0.25, 0.3) is 0 Å². The van der Waals surface area contributed by atoms with Crippen molar-refractivity contribution in [3.8, 4) is 5.75 Å². The molecule has 0 aliphatic heterocycles. The lowest BCUT2D eigenvalue weighted by atomic mass is 9.79. The van der Waals surface area contributed by atoms with E-state index in [4.69, 9.17) is 4.74 Å². The first kappa shape index (κ1) is 49.0. The number of carbonyl (C=O) groups excluding carboxylic acids is 2. The predicted molar refractivity (Wildman–Crippen MR) is 230 cm³/mol. The van der Waals surface area contributed by atoms with Gasteiger partial charge in [0.15, 0.2) is 0 Å². The standard InChI is InChI=1S/C24H41NO2.C23H39NO3/c1-2-3-4-5-6-7-8-9-10-11-12-16-19-23(26)20-21-24(27)25-22-17-14-13-15-18-22;1-8-9-10-11-12-13-14-27-21(26)24-17-15-18(22(2,3)4)20(25)19(16-17)23(5,6)7/h13-15,17-18,23,26H,2-12,16,19-21H2,1H3,(H,25,27);15-16,25H,8-14H2,1-7H3,(H,24,26). The summed E-state index contributed by atoms with van der Waals surface area (Å²) in [7, 11) is 0. The maximum Gasteiger partial charge on any atom is 0.411 e. The van der Waals surface area contributed by atoms with Gasteiger partial charge in [0.25, 0.3) is 0 Å². The Kier molecular flexibility index (Phi) is 25.7. The number of unbranched alkanes of at least 4 members (excludes halogenated alkanes) is 16. The summed E-state index contributed by atoms with van der Waals surface area (Å²) in [5.74, 6) is 0.288. The van der Waals surface area contributed by atoms with Crippen LogP contribution in [0.15, 0.2) is 42.5 Å². The van der Waals surface area contributed by atoms with Crippen molar-refractivity contribution in [3.05, 3.63) is 53.6 Å². The van der Waals surface area contributed by atoms with E-state index in [1.54, 1.807) is 0 Å². The molecule has 0 bridgehead atoms. The molecule has 0 radical (unpaired) electrons. The van der Waals surface area contributed by atoms with Crippen LogP contribution in [0.4, 0.5) is 16.2 Å². The van der Waals surface area contributed by atoms with Gasteiger partial charge in [-0.15, -0.1) is 0 Å². The van der Waals surface area contributed by atoms with Gasteiger partial charge in [0.2, 0.25) is 5.91 Å². The van der Waals surface area contributed by atoms with Crippen LogP contribution in [0.5, 0.6) is 5.75 Å². The summed E-state index contributed by atoms with van der Waals surface area (Å²) >= 11 is 0. The van der Waals surface area contributed by atoms with Crippen LogP contribution >= 0.6 is 0 Å². The molecule has 0 aliphatic carbocycles. The topological polar surface area (TPSA) is 108 Å². The van der Waals surface area contributed by atoms with Gasteiger partial charge in [-0.1, -0.05) is 183 Å². The van der Waals surface area contributed by atoms with Gasteiger partial charge in [0, 0.05) is 28.9 Å². The van der Waals surface area contributed by atoms with Crippen molar-refractivity contribution >= 4 is 23.4 Å². The Balaban J connectivity index is 0.000000540. The van der Waals surface area contributed by atoms with Gasteiger partial charge in [-0.3, -0.25) is 10.1 Å². The highest BCUT2D eigenvalue weighted by Gasteiger charge is 2.27. The number of aromatic hydroxyl groups is 1. The molecule has 2 aromatic rings. The van der Waals surface area contributed by atoms with E-state index in [0.717, 1.165) is 42.5 Å². The third kappa shape index (κ3) is 23.7. The first-order valence-corrected chi connectivity index (χ1v) is 21.5. The molecule has 54 heavy (non-hydrogen) atoms. The molecular weight excluding hydrogens is 673 g/mol. The predicted octanol–water partition coefficient (Wildman–Crippen LogP) is 13.8. The van der Waals surface area contributed by atoms with E-state index in [9.17, 15) is 19.8 Å². The quantitative estimate of drug-likeness (QED) is 0.0596. The molecule has 1 atom stereocenters. The number of amides is 2. The zero-order valence-corrected chi connectivity index (χ0v) is 35.8. The fourth-order valence-corrected chi connectivity index (χ4v) is 6.46. The number of aliphatic hydroxyl groups excluding tert-OH is 1. The third-order valence-corrected chi connectivity index (χ3v) is 9.86. The Morgan fingerprint density at radius 2 is 1.06 bits per heavy atom. The molecule has 2 amide bonds. The highest BCUT2D eigenvalue weighted by molar-refractivity contribution is 5.90. The summed E-state index contributed by atoms with van der Waals surface area (Å²) in [4.78, 5) is 24.0. The van der Waals surface area contributed by atoms with E-state index in [1.807, 2.05) is 42.5 Å². The van der Waals surface area contributed by atoms with E-state index in [-0.39, 0.29) is 22.8 Å². The Bertz CT molecular complexity index is 1230. The van der Waals surface area contributed by atoms with Gasteiger partial charge in [-0.2, -0.15) is 0 Å². The third-order valence-electron chi connectivity index (χ3n) is 9.86. The van der Waals surface area contributed by atoms with Crippen LogP contribution in [0.3, 0.4) is 0 Å². The number of anilines is 2. The summed E-state index contributed by atoms with van der Waals surface area (Å²) in [5, 5.41) is 26.5. The van der Waals surface area contributed by atoms with Gasteiger partial charge in [0.05, 0.1) is 12.7 Å². The summed E-state index contributed by atoms with van der Waals surface area (Å²) in [6.45, 7) is 17.2. The molecule has 0 saturated carbocycles. The molecule has 1 unspecified atom stereocenters. The second-order valence-electron chi connectivity index (χ2n) is 17.2. The largest absolute Gasteiger partial charge is 0.507 e. The molecule has 0 heterocycles. The maximum atomic E-state index is 12.2. The minimum absolute atomic E-state index is 0.0186. The Morgan fingerprint density at radius 3 is 1.52 bits per heavy atom. The lowest BCUT2D eigenvalue weighted by Gasteiger charge is -2.28. The van der Waals surface area contributed by atoms with E-state index in [2.05, 4.69) is 66.0 Å². The summed E-state index contributed by atoms with van der Waals surface area (Å²) < 4.78 is 5.32. The molecule has 0 aromatic heterocycles. The van der Waals surface area contributed by atoms with Crippen LogP contribution in [0.1, 0.15) is 201 Å². The zero-order chi connectivity index (χ0) is 40.2. The fourth-order valence-electron chi connectivity index (χ4n) is 6.46. The molecular formula is C47H80N2O5. The smallest absolute Gasteiger partial charge is 0.411 e. The van der Waals surface area contributed by atoms with Crippen molar-refractivity contribution < 1.29 is 24.5 Å². The van der Waals surface area contributed by atoms with Gasteiger partial charge >= 0.3 is 6.09 Å². The average molecular weight is 753 g/mol. The number of hydrogen-bond donors (Lipinski definition) is 4. The molecule has 0 fully saturated rings. The molecule has 0 spiro atoms. The van der Waals surface area contributed by atoms with Crippen molar-refractivity contribution in [2.45, 2.75) is 207 Å². The SMILES string of the molecule is CCCCCCCCCCCCCCC(O)CCC(=O)Nc1ccccc1.CCCCCCCCOC(=O)Nc1cc(C(C)(C)C)c(O)c(C(C)(C)C)c1. The van der Waals surface area contributed by atoms with Crippen molar-refractivity contribution in [2.24, 2.45) is 0 Å². The molecule has 2 rings (SSSR count). The number of hydrogen-bond acceptors (Lipinski definition) is 5. The van der Waals surface area contributed by atoms with Crippen LogP contribution in [-0.2, 0) is 20.4 Å². The highest BCUT2D eigenvalue weighted by Crippen LogP contribution is 2.41. The van der Waals surface area contributed by atoms with Crippen molar-refractivity contribution in [1.29, 1.82) is 0 Å². The number of rotatable bonds is 25. The first-order chi connectivity index (χ1) is 25.7. The van der Waals surface area contributed by atoms with Gasteiger partial charge < -0.3 is 20.3 Å². The van der Waals surface area contributed by atoms with Crippen LogP contribution in [0, 0.1) is 0 Å². The van der Waals surface area contributed by atoms with Crippen molar-refractivity contribution in [3.63, 3.8) is 0 Å². The lowest BCUT2D eigenvalue weighted by Crippen LogP contribution is -2.20. The van der Waals surface area contributed by atoms with Crippen LogP contribution in [-0.4, -0.2) is 34.9 Å². The summed E-state index contributed by atoms with van der Waals surface area (Å²) in [6, 6.07) is 13.2. The van der Waals surface area contributed by atoms with E-state index in [0.29, 0.717) is 30.9 Å². The van der Waals surface area contributed by atoms with Gasteiger partial charge in [-0.25, -0.2) is 4.79 Å². The Labute approximate surface area is 330 Å². The number of ether oxygens (including phenoxy) is 1. The molecule has 308 valence electrons. The minimum Gasteiger partial charge on any atom is -0.507 e. The maximum absolute atomic E-state index is 12.2. The molecule has 4 N–H and O–H groups in total. The molecule has 0 saturated heterocycles. The van der Waals surface area contributed by atoms with Crippen molar-refractivity contribution in [2.75, 3.05) is 17.2 Å². The normalized spacial score (nSPS) is 12.1. The molecule has 7 nitrogen and oxygen atoms in total. The van der Waals surface area contributed by atoms with E-state index < -0.39 is 6.09 Å². The van der Waals surface area contributed by atoms with E-state index in [1.165, 1.54) is 96.3 Å². The Morgan fingerprint density at radius 1 is 0.611 bits per heavy atom. The number of para-hydroxylation sites is 1. The number of benzene rings is 2. The second-order valence-corrected chi connectivity index (χ2v) is 17.2. The lowest BCUT2D eigenvalue weighted by molar-refractivity contribution is -0.116. The summed E-state index contributed by atoms with van der Waals surface area (Å²) in [6.07, 6.45) is 23.9. The molecule has 7 heteroatoms. The highest BCUT2D eigenvalue weighted by atomic mass is 16.5.